The number of aromatic nitrogens is 1. The molecule has 0 spiro atoms. The highest BCUT2D eigenvalue weighted by atomic mass is 19.4. The molecule has 0 saturated carbocycles. The Balaban J connectivity index is 1.96. The van der Waals surface area contributed by atoms with Crippen LogP contribution < -0.4 is 15.0 Å². The molecule has 1 aromatic heterocycles. The molecule has 1 amide bonds. The highest BCUT2D eigenvalue weighted by molar-refractivity contribution is 6.01. The summed E-state index contributed by atoms with van der Waals surface area (Å²) in [6, 6.07) is 6.60. The number of halogens is 3. The van der Waals surface area contributed by atoms with E-state index in [1.165, 1.54) is 24.4 Å². The van der Waals surface area contributed by atoms with E-state index >= 15 is 0 Å². The van der Waals surface area contributed by atoms with Gasteiger partial charge in [-0.1, -0.05) is 0 Å². The van der Waals surface area contributed by atoms with Crippen molar-refractivity contribution in [3.63, 3.8) is 0 Å². The molecular weight excluding hydrogens is 311 g/mol. The van der Waals surface area contributed by atoms with Crippen LogP contribution >= 0.6 is 0 Å². The second kappa shape index (κ2) is 5.45. The summed E-state index contributed by atoms with van der Waals surface area (Å²) < 4.78 is 44.1. The lowest BCUT2D eigenvalue weighted by molar-refractivity contribution is -0.138. The number of benzene rings is 1. The molecule has 2 aromatic rings. The summed E-state index contributed by atoms with van der Waals surface area (Å²) in [6.45, 7) is 0.366. The number of pyridine rings is 1. The molecule has 1 aliphatic heterocycles. The maximum atomic E-state index is 12.9. The quantitative estimate of drug-likeness (QED) is 0.923. The summed E-state index contributed by atoms with van der Waals surface area (Å²) in [4.78, 5) is 17.3. The molecule has 1 aromatic carbocycles. The van der Waals surface area contributed by atoms with Gasteiger partial charge in [0.1, 0.15) is 11.3 Å². The van der Waals surface area contributed by atoms with E-state index in [-0.39, 0.29) is 11.7 Å². The van der Waals surface area contributed by atoms with Crippen LogP contribution in [0.2, 0.25) is 0 Å². The maximum absolute atomic E-state index is 12.9. The molecular formula is C15H12F3N3O2. The molecule has 120 valence electrons. The summed E-state index contributed by atoms with van der Waals surface area (Å²) in [5.41, 5.74) is 0.0400. The molecule has 0 bridgehead atoms. The van der Waals surface area contributed by atoms with Crippen molar-refractivity contribution < 1.29 is 22.7 Å². The topological polar surface area (TPSA) is 54.5 Å². The highest BCUT2D eigenvalue weighted by Gasteiger charge is 2.35. The van der Waals surface area contributed by atoms with Crippen LogP contribution in [-0.4, -0.2) is 24.6 Å². The number of anilines is 1. The van der Waals surface area contributed by atoms with E-state index in [9.17, 15) is 18.0 Å². The van der Waals surface area contributed by atoms with Gasteiger partial charge in [0.05, 0.1) is 17.9 Å². The van der Waals surface area contributed by atoms with Gasteiger partial charge >= 0.3 is 6.18 Å². The van der Waals surface area contributed by atoms with Crippen LogP contribution in [0.25, 0.3) is 0 Å². The van der Waals surface area contributed by atoms with Gasteiger partial charge in [-0.2, -0.15) is 13.2 Å². The molecule has 0 radical (unpaired) electrons. The second-order valence-corrected chi connectivity index (χ2v) is 5.00. The fraction of sp³-hybridized carbons (Fsp3) is 0.200. The molecule has 0 saturated heterocycles. The lowest BCUT2D eigenvalue weighted by Gasteiger charge is -2.27. The molecule has 0 atom stereocenters. The number of nitrogens with one attached hydrogen (secondary N) is 1. The summed E-state index contributed by atoms with van der Waals surface area (Å²) in [5.74, 6) is -0.747. The Kier molecular flexibility index (Phi) is 3.59. The van der Waals surface area contributed by atoms with Crippen molar-refractivity contribution in [1.82, 2.24) is 10.3 Å². The number of carbonyl (C=O) groups excluding carboxylic acids is 1. The van der Waals surface area contributed by atoms with E-state index in [1.807, 2.05) is 4.90 Å². The van der Waals surface area contributed by atoms with E-state index in [4.69, 9.17) is 4.74 Å². The standard InChI is InChI=1S/C15H12F3N3O2/c1-21-8-20-13(22)10-7-9(4-5-12(10)21)23-14-11(15(16,17)18)3-2-6-19-14/h2-7H,8H2,1H3,(H,20,22). The Morgan fingerprint density at radius 2 is 2.09 bits per heavy atom. The van der Waals surface area contributed by atoms with Crippen molar-refractivity contribution in [2.45, 2.75) is 6.18 Å². The van der Waals surface area contributed by atoms with Gasteiger partial charge in [-0.15, -0.1) is 0 Å². The highest BCUT2D eigenvalue weighted by Crippen LogP contribution is 2.37. The molecule has 8 heteroatoms. The first-order valence-electron chi connectivity index (χ1n) is 6.70. The first-order valence-corrected chi connectivity index (χ1v) is 6.70. The molecule has 0 aliphatic carbocycles. The Bertz CT molecular complexity index is 762. The Hall–Kier alpha value is -2.77. The van der Waals surface area contributed by atoms with Crippen molar-refractivity contribution in [2.24, 2.45) is 0 Å². The van der Waals surface area contributed by atoms with Gasteiger partial charge in [-0.05, 0) is 30.3 Å². The van der Waals surface area contributed by atoms with E-state index in [0.717, 1.165) is 6.07 Å². The van der Waals surface area contributed by atoms with Crippen LogP contribution in [0.1, 0.15) is 15.9 Å². The van der Waals surface area contributed by atoms with E-state index in [1.54, 1.807) is 13.1 Å². The number of rotatable bonds is 2. The Labute approximate surface area is 129 Å². The zero-order valence-corrected chi connectivity index (χ0v) is 12.0. The van der Waals surface area contributed by atoms with Gasteiger partial charge in [0, 0.05) is 13.2 Å². The first kappa shape index (κ1) is 15.1. The van der Waals surface area contributed by atoms with Gasteiger partial charge < -0.3 is 15.0 Å². The number of alkyl halides is 3. The molecule has 23 heavy (non-hydrogen) atoms. The number of carbonyl (C=O) groups is 1. The van der Waals surface area contributed by atoms with Crippen molar-refractivity contribution in [2.75, 3.05) is 18.6 Å². The third-order valence-electron chi connectivity index (χ3n) is 3.39. The van der Waals surface area contributed by atoms with Crippen LogP contribution in [0.4, 0.5) is 18.9 Å². The van der Waals surface area contributed by atoms with Crippen LogP contribution in [0.3, 0.4) is 0 Å². The number of ether oxygens (including phenoxy) is 1. The van der Waals surface area contributed by atoms with E-state index in [0.29, 0.717) is 17.9 Å². The predicted molar refractivity (Wildman–Crippen MR) is 76.5 cm³/mol. The van der Waals surface area contributed by atoms with E-state index < -0.39 is 17.6 Å². The summed E-state index contributed by atoms with van der Waals surface area (Å²) in [5, 5.41) is 2.65. The van der Waals surface area contributed by atoms with Gasteiger partial charge in [-0.3, -0.25) is 4.79 Å². The van der Waals surface area contributed by atoms with Gasteiger partial charge in [0.2, 0.25) is 5.88 Å². The summed E-state index contributed by atoms with van der Waals surface area (Å²) in [7, 11) is 1.79. The Morgan fingerprint density at radius 3 is 2.83 bits per heavy atom. The number of amides is 1. The minimum Gasteiger partial charge on any atom is -0.438 e. The molecule has 5 nitrogen and oxygen atoms in total. The minimum atomic E-state index is -4.57. The number of hydrogen-bond donors (Lipinski definition) is 1. The van der Waals surface area contributed by atoms with Crippen LogP contribution in [0, 0.1) is 0 Å². The van der Waals surface area contributed by atoms with E-state index in [2.05, 4.69) is 10.3 Å². The molecule has 3 rings (SSSR count). The van der Waals surface area contributed by atoms with Crippen molar-refractivity contribution >= 4 is 11.6 Å². The first-order chi connectivity index (χ1) is 10.9. The molecule has 2 heterocycles. The summed E-state index contributed by atoms with van der Waals surface area (Å²) >= 11 is 0. The maximum Gasteiger partial charge on any atom is 0.421 e. The predicted octanol–water partition coefficient (Wildman–Crippen LogP) is 3.03. The SMILES string of the molecule is CN1CNC(=O)c2cc(Oc3ncccc3C(F)(F)F)ccc21. The van der Waals surface area contributed by atoms with Crippen LogP contribution in [0.5, 0.6) is 11.6 Å². The lowest BCUT2D eigenvalue weighted by Crippen LogP contribution is -2.41. The fourth-order valence-corrected chi connectivity index (χ4v) is 2.26. The van der Waals surface area contributed by atoms with Gasteiger partial charge in [0.15, 0.2) is 0 Å². The van der Waals surface area contributed by atoms with Gasteiger partial charge in [-0.25, -0.2) is 4.98 Å². The van der Waals surface area contributed by atoms with Crippen molar-refractivity contribution in [3.8, 4) is 11.6 Å². The van der Waals surface area contributed by atoms with Crippen molar-refractivity contribution in [1.29, 1.82) is 0 Å². The largest absolute Gasteiger partial charge is 0.438 e. The summed E-state index contributed by atoms with van der Waals surface area (Å²) in [6.07, 6.45) is -3.36. The third-order valence-corrected chi connectivity index (χ3v) is 3.39. The smallest absolute Gasteiger partial charge is 0.421 e. The second-order valence-electron chi connectivity index (χ2n) is 5.00. The number of nitrogens with zero attached hydrogens (tertiary/aromatic N) is 2. The van der Waals surface area contributed by atoms with Gasteiger partial charge in [0.25, 0.3) is 5.91 Å². The molecule has 0 fully saturated rings. The average molecular weight is 323 g/mol. The lowest BCUT2D eigenvalue weighted by atomic mass is 10.1. The average Bonchev–Trinajstić information content (AvgIpc) is 2.51. The molecule has 1 N–H and O–H groups in total. The monoisotopic (exact) mass is 323 g/mol. The zero-order valence-electron chi connectivity index (χ0n) is 12.0. The molecule has 0 unspecified atom stereocenters. The minimum absolute atomic E-state index is 0.110. The zero-order chi connectivity index (χ0) is 16.6. The fourth-order valence-electron chi connectivity index (χ4n) is 2.26. The third kappa shape index (κ3) is 2.92. The van der Waals surface area contributed by atoms with Crippen LogP contribution in [-0.2, 0) is 6.18 Å². The Morgan fingerprint density at radius 1 is 1.30 bits per heavy atom. The normalized spacial score (nSPS) is 14.3. The van der Waals surface area contributed by atoms with Crippen LogP contribution in [0.15, 0.2) is 36.5 Å². The number of hydrogen-bond acceptors (Lipinski definition) is 4. The molecule has 1 aliphatic rings. The van der Waals surface area contributed by atoms with Crippen molar-refractivity contribution in [3.05, 3.63) is 47.7 Å². The number of fused-ring (bicyclic) bond motifs is 1.